The summed E-state index contributed by atoms with van der Waals surface area (Å²) in [6, 6.07) is 32.2. The van der Waals surface area contributed by atoms with Gasteiger partial charge in [0.25, 0.3) is 0 Å². The first-order chi connectivity index (χ1) is 21.5. The lowest BCUT2D eigenvalue weighted by molar-refractivity contribution is 0.411. The van der Waals surface area contributed by atoms with Crippen molar-refractivity contribution in [2.75, 3.05) is 7.11 Å². The highest BCUT2D eigenvalue weighted by molar-refractivity contribution is 5.36. The van der Waals surface area contributed by atoms with Gasteiger partial charge in [-0.25, -0.2) is 0 Å². The molecular weight excluding hydrogens is 556 g/mol. The maximum Gasteiger partial charge on any atom is 0.122 e. The lowest BCUT2D eigenvalue weighted by Gasteiger charge is -2.03. The normalized spacial score (nSPS) is 9.63. The van der Waals surface area contributed by atoms with Crippen molar-refractivity contribution in [3.63, 3.8) is 0 Å². The lowest BCUT2D eigenvalue weighted by atomic mass is 10.1. The quantitative estimate of drug-likeness (QED) is 0.182. The van der Waals surface area contributed by atoms with E-state index in [0.29, 0.717) is 0 Å². The highest BCUT2D eigenvalue weighted by Crippen LogP contribution is 2.18. The summed E-state index contributed by atoms with van der Waals surface area (Å²) in [6.45, 7) is 29.7. The zero-order valence-corrected chi connectivity index (χ0v) is 31.6. The second-order valence-corrected chi connectivity index (χ2v) is 12.8. The van der Waals surface area contributed by atoms with Crippen molar-refractivity contribution < 1.29 is 4.74 Å². The molecule has 0 aliphatic heterocycles. The van der Waals surface area contributed by atoms with Gasteiger partial charge in [-0.15, -0.1) is 0 Å². The SMILES string of the molecule is COc1cc(C)ccc1C.Cc1ccc(C)c(C)c1.Cc1ccc(C)c(C)c1.Cc1ccc(C)c(C)c1.Cc1ccc(C)c(C)c1. The molecule has 0 N–H and O–H groups in total. The number of methoxy groups -OCH3 is 1. The highest BCUT2D eigenvalue weighted by atomic mass is 16.5. The average molecular weight is 617 g/mol. The zero-order chi connectivity index (χ0) is 35.0. The first-order valence-electron chi connectivity index (χ1n) is 16.3. The minimum Gasteiger partial charge on any atom is -0.496 e. The van der Waals surface area contributed by atoms with Gasteiger partial charge in [0, 0.05) is 0 Å². The Morgan fingerprint density at radius 2 is 0.478 bits per heavy atom. The van der Waals surface area contributed by atoms with E-state index in [1.807, 2.05) is 13.0 Å². The molecule has 246 valence electrons. The van der Waals surface area contributed by atoms with Crippen LogP contribution in [-0.4, -0.2) is 7.11 Å². The van der Waals surface area contributed by atoms with Crippen molar-refractivity contribution in [3.05, 3.63) is 169 Å². The van der Waals surface area contributed by atoms with Crippen LogP contribution in [0.3, 0.4) is 0 Å². The molecule has 5 aromatic rings. The van der Waals surface area contributed by atoms with Crippen molar-refractivity contribution in [2.45, 2.75) is 96.9 Å². The molecule has 0 heterocycles. The van der Waals surface area contributed by atoms with Crippen molar-refractivity contribution in [3.8, 4) is 5.75 Å². The number of rotatable bonds is 1. The molecule has 0 radical (unpaired) electrons. The van der Waals surface area contributed by atoms with Crippen LogP contribution in [0.1, 0.15) is 77.9 Å². The van der Waals surface area contributed by atoms with E-state index in [4.69, 9.17) is 4.74 Å². The molecule has 0 fully saturated rings. The highest BCUT2D eigenvalue weighted by Gasteiger charge is 1.95. The van der Waals surface area contributed by atoms with E-state index < -0.39 is 0 Å². The van der Waals surface area contributed by atoms with E-state index in [9.17, 15) is 0 Å². The van der Waals surface area contributed by atoms with Crippen LogP contribution < -0.4 is 4.74 Å². The van der Waals surface area contributed by atoms with Gasteiger partial charge in [-0.2, -0.15) is 0 Å². The van der Waals surface area contributed by atoms with Crippen LogP contribution in [0.4, 0.5) is 0 Å². The van der Waals surface area contributed by atoms with Gasteiger partial charge < -0.3 is 4.74 Å². The minimum absolute atomic E-state index is 0.972. The van der Waals surface area contributed by atoms with Crippen LogP contribution in [0, 0.1) is 96.9 Å². The van der Waals surface area contributed by atoms with Gasteiger partial charge in [-0.1, -0.05) is 107 Å². The Morgan fingerprint density at radius 1 is 0.261 bits per heavy atom. The van der Waals surface area contributed by atoms with Gasteiger partial charge in [-0.3, -0.25) is 0 Å². The maximum absolute atomic E-state index is 5.13. The fourth-order valence-electron chi connectivity index (χ4n) is 4.49. The van der Waals surface area contributed by atoms with E-state index >= 15 is 0 Å². The topological polar surface area (TPSA) is 9.23 Å². The molecule has 0 atom stereocenters. The number of aryl methyl sites for hydroxylation is 14. The van der Waals surface area contributed by atoms with Crippen molar-refractivity contribution >= 4 is 0 Å². The second kappa shape index (κ2) is 20.1. The standard InChI is InChI=1S/C9H12O.4C9H12/c1-7-4-5-8(2)9(6-7)10-3;4*1-7-4-5-8(2)9(3)6-7/h4-6H,1-3H3;4*4-6H,1-3H3. The Balaban J connectivity index is 0.000000288. The van der Waals surface area contributed by atoms with Crippen LogP contribution in [0.5, 0.6) is 5.75 Å². The van der Waals surface area contributed by atoms with Gasteiger partial charge in [0.2, 0.25) is 0 Å². The summed E-state index contributed by atoms with van der Waals surface area (Å²) in [7, 11) is 1.70. The maximum atomic E-state index is 5.13. The smallest absolute Gasteiger partial charge is 0.122 e. The summed E-state index contributed by atoms with van der Waals surface area (Å²) in [5.41, 5.74) is 18.8. The predicted octanol–water partition coefficient (Wildman–Crippen LogP) is 12.8. The predicted molar refractivity (Wildman–Crippen MR) is 205 cm³/mol. The summed E-state index contributed by atoms with van der Waals surface area (Å²) in [6.07, 6.45) is 0. The van der Waals surface area contributed by atoms with Crippen molar-refractivity contribution in [1.82, 2.24) is 0 Å². The van der Waals surface area contributed by atoms with Crippen LogP contribution >= 0.6 is 0 Å². The molecule has 0 aliphatic carbocycles. The molecule has 0 saturated heterocycles. The molecule has 0 unspecified atom stereocenters. The van der Waals surface area contributed by atoms with Gasteiger partial charge >= 0.3 is 0 Å². The number of ether oxygens (including phenoxy) is 1. The van der Waals surface area contributed by atoms with Crippen LogP contribution in [0.2, 0.25) is 0 Å². The summed E-state index contributed by atoms with van der Waals surface area (Å²) >= 11 is 0. The van der Waals surface area contributed by atoms with Crippen molar-refractivity contribution in [2.24, 2.45) is 0 Å². The molecule has 0 aromatic heterocycles. The third-order valence-corrected chi connectivity index (χ3v) is 8.21. The summed E-state index contributed by atoms with van der Waals surface area (Å²) in [4.78, 5) is 0. The Hall–Kier alpha value is -4.10. The summed E-state index contributed by atoms with van der Waals surface area (Å²) in [5.74, 6) is 0.972. The second-order valence-electron chi connectivity index (χ2n) is 12.8. The molecule has 1 nitrogen and oxygen atoms in total. The number of hydrogen-bond donors (Lipinski definition) is 0. The number of hydrogen-bond acceptors (Lipinski definition) is 1. The van der Waals surface area contributed by atoms with Gasteiger partial charge in [0.15, 0.2) is 0 Å². The van der Waals surface area contributed by atoms with Gasteiger partial charge in [0.05, 0.1) is 7.11 Å². The molecule has 0 spiro atoms. The molecular formula is C45H60O. The number of benzene rings is 5. The Morgan fingerprint density at radius 3 is 0.652 bits per heavy atom. The third kappa shape index (κ3) is 15.3. The summed E-state index contributed by atoms with van der Waals surface area (Å²) in [5, 5.41) is 0. The summed E-state index contributed by atoms with van der Waals surface area (Å²) < 4.78 is 5.13. The van der Waals surface area contributed by atoms with Crippen LogP contribution in [0.25, 0.3) is 0 Å². The Bertz CT molecular complexity index is 1460. The van der Waals surface area contributed by atoms with Gasteiger partial charge in [-0.05, 0) is 159 Å². The van der Waals surface area contributed by atoms with E-state index in [2.05, 4.69) is 175 Å². The minimum atomic E-state index is 0.972. The van der Waals surface area contributed by atoms with Crippen molar-refractivity contribution in [1.29, 1.82) is 0 Å². The molecule has 5 aromatic carbocycles. The van der Waals surface area contributed by atoms with E-state index in [1.165, 1.54) is 77.9 Å². The molecule has 5 rings (SSSR count). The fraction of sp³-hybridized carbons (Fsp3) is 0.333. The van der Waals surface area contributed by atoms with Crippen LogP contribution in [0.15, 0.2) is 91.0 Å². The van der Waals surface area contributed by atoms with E-state index in [0.717, 1.165) is 5.75 Å². The molecule has 0 amide bonds. The largest absolute Gasteiger partial charge is 0.496 e. The van der Waals surface area contributed by atoms with Crippen LogP contribution in [-0.2, 0) is 0 Å². The lowest BCUT2D eigenvalue weighted by Crippen LogP contribution is -1.86. The Labute approximate surface area is 282 Å². The monoisotopic (exact) mass is 616 g/mol. The third-order valence-electron chi connectivity index (χ3n) is 8.21. The zero-order valence-electron chi connectivity index (χ0n) is 31.6. The molecule has 1 heteroatoms. The molecule has 46 heavy (non-hydrogen) atoms. The first-order valence-corrected chi connectivity index (χ1v) is 16.3. The molecule has 0 aliphatic rings. The Kier molecular flexibility index (Phi) is 17.5. The molecule has 0 bridgehead atoms. The molecule has 0 saturated carbocycles. The van der Waals surface area contributed by atoms with Gasteiger partial charge in [0.1, 0.15) is 5.75 Å². The van der Waals surface area contributed by atoms with E-state index in [-0.39, 0.29) is 0 Å². The van der Waals surface area contributed by atoms with E-state index in [1.54, 1.807) is 7.11 Å². The first kappa shape index (κ1) is 39.9. The fourth-order valence-corrected chi connectivity index (χ4v) is 4.49. The average Bonchev–Trinajstić information content (AvgIpc) is 3.00.